The van der Waals surface area contributed by atoms with Crippen LogP contribution in [-0.2, 0) is 9.59 Å². The molecular formula is C22H14Cl3N3O4. The molecule has 0 aliphatic carbocycles. The van der Waals surface area contributed by atoms with Crippen LogP contribution in [0, 0.1) is 0 Å². The molecule has 2 N–H and O–H groups in total. The molecule has 0 heterocycles. The molecule has 0 radical (unpaired) electrons. The van der Waals surface area contributed by atoms with E-state index < -0.39 is 17.8 Å². The van der Waals surface area contributed by atoms with Crippen molar-refractivity contribution in [1.29, 1.82) is 0 Å². The number of amides is 2. The van der Waals surface area contributed by atoms with E-state index in [-0.39, 0.29) is 16.5 Å². The molecule has 0 aromatic heterocycles. The van der Waals surface area contributed by atoms with Gasteiger partial charge in [0, 0.05) is 10.0 Å². The van der Waals surface area contributed by atoms with Crippen LogP contribution in [0.3, 0.4) is 0 Å². The molecule has 0 unspecified atom stereocenters. The lowest BCUT2D eigenvalue weighted by Crippen LogP contribution is -2.32. The summed E-state index contributed by atoms with van der Waals surface area (Å²) in [6.07, 6.45) is 1.29. The SMILES string of the molecule is O=C(NN=Cc1cccc(OC(=O)c2ccc(Cl)cc2)c1)C(=O)Nc1cc(Cl)ccc1Cl. The number of hydrogen-bond donors (Lipinski definition) is 2. The molecule has 0 aliphatic heterocycles. The maximum absolute atomic E-state index is 12.2. The molecular weight excluding hydrogens is 477 g/mol. The molecule has 0 bridgehead atoms. The first kappa shape index (κ1) is 23.3. The third-order valence-electron chi connectivity index (χ3n) is 3.91. The van der Waals surface area contributed by atoms with Crippen molar-refractivity contribution in [3.05, 3.63) is 92.9 Å². The zero-order chi connectivity index (χ0) is 23.1. The van der Waals surface area contributed by atoms with Crippen molar-refractivity contribution in [3.63, 3.8) is 0 Å². The van der Waals surface area contributed by atoms with Crippen LogP contribution in [0.5, 0.6) is 5.75 Å². The molecule has 10 heteroatoms. The summed E-state index contributed by atoms with van der Waals surface area (Å²) in [5.74, 6) is -2.27. The number of hydrogen-bond acceptors (Lipinski definition) is 5. The van der Waals surface area contributed by atoms with Gasteiger partial charge in [0.05, 0.1) is 22.5 Å². The number of carbonyl (C=O) groups excluding carboxylic acids is 3. The lowest BCUT2D eigenvalue weighted by Gasteiger charge is -2.06. The van der Waals surface area contributed by atoms with E-state index in [1.165, 1.54) is 24.4 Å². The van der Waals surface area contributed by atoms with Crippen LogP contribution in [0.15, 0.2) is 71.8 Å². The van der Waals surface area contributed by atoms with Crippen LogP contribution in [0.1, 0.15) is 15.9 Å². The molecule has 3 rings (SSSR count). The highest BCUT2D eigenvalue weighted by Crippen LogP contribution is 2.25. The van der Waals surface area contributed by atoms with Crippen molar-refractivity contribution < 1.29 is 19.1 Å². The summed E-state index contributed by atoms with van der Waals surface area (Å²) in [6.45, 7) is 0. The van der Waals surface area contributed by atoms with E-state index in [9.17, 15) is 14.4 Å². The number of carbonyl (C=O) groups is 3. The Morgan fingerprint density at radius 3 is 2.31 bits per heavy atom. The van der Waals surface area contributed by atoms with Crippen LogP contribution >= 0.6 is 34.8 Å². The zero-order valence-corrected chi connectivity index (χ0v) is 18.4. The van der Waals surface area contributed by atoms with Gasteiger partial charge in [-0.3, -0.25) is 9.59 Å². The van der Waals surface area contributed by atoms with Gasteiger partial charge in [0.15, 0.2) is 0 Å². The van der Waals surface area contributed by atoms with Crippen LogP contribution < -0.4 is 15.5 Å². The standard InChI is InChI=1S/C22H14Cl3N3O4/c23-15-6-4-14(5-7-15)22(31)32-17-3-1-2-13(10-17)12-26-28-21(30)20(29)27-19-11-16(24)8-9-18(19)25/h1-12H,(H,27,29)(H,28,30). The van der Waals surface area contributed by atoms with Crippen molar-refractivity contribution >= 4 is 64.5 Å². The van der Waals surface area contributed by atoms with Crippen LogP contribution in [-0.4, -0.2) is 24.0 Å². The maximum Gasteiger partial charge on any atom is 0.343 e. The summed E-state index contributed by atoms with van der Waals surface area (Å²) in [6, 6.07) is 17.1. The van der Waals surface area contributed by atoms with Crippen molar-refractivity contribution in [2.45, 2.75) is 0 Å². The van der Waals surface area contributed by atoms with E-state index in [1.807, 2.05) is 0 Å². The second-order valence-electron chi connectivity index (χ2n) is 6.25. The Labute approximate surface area is 197 Å². The number of nitrogens with one attached hydrogen (secondary N) is 2. The zero-order valence-electron chi connectivity index (χ0n) is 16.1. The van der Waals surface area contributed by atoms with Gasteiger partial charge >= 0.3 is 17.8 Å². The predicted octanol–water partition coefficient (Wildman–Crippen LogP) is 4.95. The molecule has 0 saturated heterocycles. The second kappa shape index (κ2) is 10.8. The third-order valence-corrected chi connectivity index (χ3v) is 4.73. The largest absolute Gasteiger partial charge is 0.423 e. The quantitative estimate of drug-likeness (QED) is 0.174. The lowest BCUT2D eigenvalue weighted by molar-refractivity contribution is -0.136. The average Bonchev–Trinajstić information content (AvgIpc) is 2.77. The molecule has 32 heavy (non-hydrogen) atoms. The Morgan fingerprint density at radius 1 is 0.844 bits per heavy atom. The van der Waals surface area contributed by atoms with Gasteiger partial charge in [-0.1, -0.05) is 46.9 Å². The summed E-state index contributed by atoms with van der Waals surface area (Å²) in [5.41, 5.74) is 3.15. The molecule has 0 fully saturated rings. The molecule has 7 nitrogen and oxygen atoms in total. The first-order chi connectivity index (χ1) is 15.3. The number of esters is 1. The lowest BCUT2D eigenvalue weighted by atomic mass is 10.2. The van der Waals surface area contributed by atoms with E-state index >= 15 is 0 Å². The van der Waals surface area contributed by atoms with Crippen molar-refractivity contribution in [3.8, 4) is 5.75 Å². The van der Waals surface area contributed by atoms with Gasteiger partial charge in [-0.2, -0.15) is 5.10 Å². The molecule has 0 atom stereocenters. The molecule has 162 valence electrons. The third kappa shape index (κ3) is 6.55. The van der Waals surface area contributed by atoms with Crippen molar-refractivity contribution in [2.75, 3.05) is 5.32 Å². The minimum Gasteiger partial charge on any atom is -0.423 e. The van der Waals surface area contributed by atoms with Crippen LogP contribution in [0.25, 0.3) is 0 Å². The van der Waals surface area contributed by atoms with Gasteiger partial charge in [0.1, 0.15) is 5.75 Å². The van der Waals surface area contributed by atoms with Gasteiger partial charge in [-0.25, -0.2) is 10.2 Å². The fraction of sp³-hybridized carbons (Fsp3) is 0. The predicted molar refractivity (Wildman–Crippen MR) is 124 cm³/mol. The molecule has 0 aliphatic rings. The highest BCUT2D eigenvalue weighted by molar-refractivity contribution is 6.42. The molecule has 3 aromatic rings. The molecule has 0 saturated carbocycles. The van der Waals surface area contributed by atoms with Gasteiger partial charge in [0.2, 0.25) is 0 Å². The van der Waals surface area contributed by atoms with Gasteiger partial charge in [-0.15, -0.1) is 0 Å². The summed E-state index contributed by atoms with van der Waals surface area (Å²) >= 11 is 17.6. The number of nitrogens with zero attached hydrogens (tertiary/aromatic N) is 1. The van der Waals surface area contributed by atoms with E-state index in [0.717, 1.165) is 0 Å². The minimum absolute atomic E-state index is 0.193. The number of halogens is 3. The van der Waals surface area contributed by atoms with E-state index in [0.29, 0.717) is 21.2 Å². The van der Waals surface area contributed by atoms with Gasteiger partial charge in [-0.05, 0) is 60.2 Å². The number of rotatable bonds is 5. The first-order valence-corrected chi connectivity index (χ1v) is 10.1. The summed E-state index contributed by atoms with van der Waals surface area (Å²) in [7, 11) is 0. The number of benzene rings is 3. The van der Waals surface area contributed by atoms with Crippen LogP contribution in [0.4, 0.5) is 5.69 Å². The Balaban J connectivity index is 1.57. The fourth-order valence-electron chi connectivity index (χ4n) is 2.40. The Morgan fingerprint density at radius 2 is 1.56 bits per heavy atom. The fourth-order valence-corrected chi connectivity index (χ4v) is 2.86. The minimum atomic E-state index is -1.01. The Hall–Kier alpha value is -3.39. The maximum atomic E-state index is 12.2. The van der Waals surface area contributed by atoms with E-state index in [1.54, 1.807) is 48.5 Å². The summed E-state index contributed by atoms with van der Waals surface area (Å²) in [4.78, 5) is 36.1. The van der Waals surface area contributed by atoms with E-state index in [2.05, 4.69) is 15.8 Å². The monoisotopic (exact) mass is 489 g/mol. The first-order valence-electron chi connectivity index (χ1n) is 8.99. The highest BCUT2D eigenvalue weighted by atomic mass is 35.5. The molecule has 3 aromatic carbocycles. The number of ether oxygens (including phenoxy) is 1. The molecule has 0 spiro atoms. The normalized spacial score (nSPS) is 10.6. The summed E-state index contributed by atoms with van der Waals surface area (Å²) < 4.78 is 5.32. The topological polar surface area (TPSA) is 96.9 Å². The van der Waals surface area contributed by atoms with Gasteiger partial charge in [0.25, 0.3) is 0 Å². The van der Waals surface area contributed by atoms with Crippen molar-refractivity contribution in [1.82, 2.24) is 5.43 Å². The average molecular weight is 491 g/mol. The van der Waals surface area contributed by atoms with Crippen LogP contribution in [0.2, 0.25) is 15.1 Å². The summed E-state index contributed by atoms with van der Waals surface area (Å²) in [5, 5.41) is 7.15. The Kier molecular flexibility index (Phi) is 7.83. The molecule has 2 amide bonds. The smallest absolute Gasteiger partial charge is 0.343 e. The number of hydrazone groups is 1. The van der Waals surface area contributed by atoms with Gasteiger partial charge < -0.3 is 10.1 Å². The second-order valence-corrected chi connectivity index (χ2v) is 7.53. The highest BCUT2D eigenvalue weighted by Gasteiger charge is 2.15. The van der Waals surface area contributed by atoms with E-state index in [4.69, 9.17) is 39.5 Å². The number of anilines is 1. The van der Waals surface area contributed by atoms with Crippen molar-refractivity contribution in [2.24, 2.45) is 5.10 Å². The Bertz CT molecular complexity index is 1200.